The molecule has 0 bridgehead atoms. The molecule has 0 spiro atoms. The van der Waals surface area contributed by atoms with Gasteiger partial charge in [-0.05, 0) is 24.4 Å². The normalized spacial score (nSPS) is 11.1. The van der Waals surface area contributed by atoms with Gasteiger partial charge < -0.3 is 8.98 Å². The fourth-order valence-corrected chi connectivity index (χ4v) is 1.98. The summed E-state index contributed by atoms with van der Waals surface area (Å²) in [6, 6.07) is 8.48. The van der Waals surface area contributed by atoms with Crippen molar-refractivity contribution >= 4 is 10.9 Å². The SMILES string of the molecule is Cc1cc2ccc(-c3cnco3)cc2n1C. The molecule has 0 aliphatic rings. The van der Waals surface area contributed by atoms with Crippen molar-refractivity contribution in [3.63, 3.8) is 0 Å². The highest BCUT2D eigenvalue weighted by Crippen LogP contribution is 2.25. The molecule has 3 rings (SSSR count). The molecule has 0 radical (unpaired) electrons. The van der Waals surface area contributed by atoms with Crippen LogP contribution in [-0.2, 0) is 7.05 Å². The van der Waals surface area contributed by atoms with E-state index in [0.717, 1.165) is 11.3 Å². The molecule has 3 nitrogen and oxygen atoms in total. The predicted molar refractivity (Wildman–Crippen MR) is 63.2 cm³/mol. The van der Waals surface area contributed by atoms with E-state index in [1.807, 2.05) is 0 Å². The molecule has 80 valence electrons. The highest BCUT2D eigenvalue weighted by molar-refractivity contribution is 5.85. The number of oxazole rings is 1. The lowest BCUT2D eigenvalue weighted by Crippen LogP contribution is -1.89. The highest BCUT2D eigenvalue weighted by atomic mass is 16.3. The van der Waals surface area contributed by atoms with Gasteiger partial charge in [-0.3, -0.25) is 0 Å². The Morgan fingerprint density at radius 2 is 2.12 bits per heavy atom. The standard InChI is InChI=1S/C13H12N2O/c1-9-5-10-3-4-11(6-12(10)15(9)2)13-7-14-8-16-13/h3-8H,1-2H3. The second kappa shape index (κ2) is 3.23. The molecule has 16 heavy (non-hydrogen) atoms. The van der Waals surface area contributed by atoms with Gasteiger partial charge in [-0.25, -0.2) is 4.98 Å². The zero-order valence-electron chi connectivity index (χ0n) is 9.27. The summed E-state index contributed by atoms with van der Waals surface area (Å²) < 4.78 is 7.47. The van der Waals surface area contributed by atoms with Crippen LogP contribution in [0, 0.1) is 6.92 Å². The minimum atomic E-state index is 0.806. The van der Waals surface area contributed by atoms with Crippen molar-refractivity contribution in [2.75, 3.05) is 0 Å². The second-order valence-electron chi connectivity index (χ2n) is 3.98. The molecule has 2 heterocycles. The summed E-state index contributed by atoms with van der Waals surface area (Å²) in [7, 11) is 2.07. The van der Waals surface area contributed by atoms with Crippen LogP contribution >= 0.6 is 0 Å². The van der Waals surface area contributed by atoms with Crippen molar-refractivity contribution in [2.24, 2.45) is 7.05 Å². The molecule has 0 aliphatic carbocycles. The van der Waals surface area contributed by atoms with E-state index >= 15 is 0 Å². The van der Waals surface area contributed by atoms with E-state index in [4.69, 9.17) is 4.42 Å². The number of aryl methyl sites for hydroxylation is 2. The fourth-order valence-electron chi connectivity index (χ4n) is 1.98. The number of aromatic nitrogens is 2. The van der Waals surface area contributed by atoms with Crippen molar-refractivity contribution in [3.8, 4) is 11.3 Å². The quantitative estimate of drug-likeness (QED) is 0.620. The highest BCUT2D eigenvalue weighted by Gasteiger charge is 2.06. The largest absolute Gasteiger partial charge is 0.444 e. The van der Waals surface area contributed by atoms with E-state index < -0.39 is 0 Å². The maximum Gasteiger partial charge on any atom is 0.181 e. The Morgan fingerprint density at radius 3 is 2.88 bits per heavy atom. The van der Waals surface area contributed by atoms with Gasteiger partial charge in [0.25, 0.3) is 0 Å². The van der Waals surface area contributed by atoms with Gasteiger partial charge in [-0.2, -0.15) is 0 Å². The van der Waals surface area contributed by atoms with Crippen LogP contribution in [0.1, 0.15) is 5.69 Å². The number of rotatable bonds is 1. The van der Waals surface area contributed by atoms with Crippen LogP contribution in [0.2, 0.25) is 0 Å². The van der Waals surface area contributed by atoms with Crippen LogP contribution in [0.4, 0.5) is 0 Å². The van der Waals surface area contributed by atoms with E-state index in [0.29, 0.717) is 0 Å². The molecule has 1 aromatic carbocycles. The zero-order valence-corrected chi connectivity index (χ0v) is 9.27. The molecule has 0 saturated carbocycles. The fraction of sp³-hybridized carbons (Fsp3) is 0.154. The maximum absolute atomic E-state index is 5.29. The average molecular weight is 212 g/mol. The molecular weight excluding hydrogens is 200 g/mol. The van der Waals surface area contributed by atoms with Gasteiger partial charge >= 0.3 is 0 Å². The van der Waals surface area contributed by atoms with Gasteiger partial charge in [0.15, 0.2) is 12.2 Å². The molecule has 0 saturated heterocycles. The minimum Gasteiger partial charge on any atom is -0.444 e. The third kappa shape index (κ3) is 1.25. The molecule has 0 unspecified atom stereocenters. The summed E-state index contributed by atoms with van der Waals surface area (Å²) in [5.74, 6) is 0.806. The first kappa shape index (κ1) is 9.21. The molecule has 0 N–H and O–H groups in total. The van der Waals surface area contributed by atoms with E-state index in [1.165, 1.54) is 23.0 Å². The first-order valence-corrected chi connectivity index (χ1v) is 5.20. The number of fused-ring (bicyclic) bond motifs is 1. The molecule has 0 amide bonds. The van der Waals surface area contributed by atoms with Crippen LogP contribution in [0.3, 0.4) is 0 Å². The number of hydrogen-bond acceptors (Lipinski definition) is 2. The lowest BCUT2D eigenvalue weighted by molar-refractivity contribution is 0.572. The molecule has 2 aromatic heterocycles. The lowest BCUT2D eigenvalue weighted by atomic mass is 10.1. The maximum atomic E-state index is 5.29. The Balaban J connectivity index is 2.26. The monoisotopic (exact) mass is 212 g/mol. The topological polar surface area (TPSA) is 31.0 Å². The van der Waals surface area contributed by atoms with Gasteiger partial charge in [0.1, 0.15) is 0 Å². The second-order valence-corrected chi connectivity index (χ2v) is 3.98. The molecule has 0 fully saturated rings. The summed E-state index contributed by atoms with van der Waals surface area (Å²) in [5, 5.41) is 1.25. The average Bonchev–Trinajstić information content (AvgIpc) is 2.89. The number of hydrogen-bond donors (Lipinski definition) is 0. The van der Waals surface area contributed by atoms with Crippen LogP contribution in [-0.4, -0.2) is 9.55 Å². The smallest absolute Gasteiger partial charge is 0.181 e. The van der Waals surface area contributed by atoms with Crippen molar-refractivity contribution < 1.29 is 4.42 Å². The van der Waals surface area contributed by atoms with Crippen LogP contribution < -0.4 is 0 Å². The Hall–Kier alpha value is -2.03. The third-order valence-electron chi connectivity index (χ3n) is 3.00. The summed E-state index contributed by atoms with van der Waals surface area (Å²) in [6.45, 7) is 2.11. The van der Waals surface area contributed by atoms with Gasteiger partial charge in [0, 0.05) is 23.8 Å². The zero-order chi connectivity index (χ0) is 11.1. The van der Waals surface area contributed by atoms with E-state index in [2.05, 4.69) is 47.8 Å². The summed E-state index contributed by atoms with van der Waals surface area (Å²) in [4.78, 5) is 3.93. The Labute approximate surface area is 93.3 Å². The summed E-state index contributed by atoms with van der Waals surface area (Å²) in [5.41, 5.74) is 3.53. The lowest BCUT2D eigenvalue weighted by Gasteiger charge is -2.00. The van der Waals surface area contributed by atoms with Gasteiger partial charge in [-0.1, -0.05) is 12.1 Å². The van der Waals surface area contributed by atoms with Crippen molar-refractivity contribution in [1.29, 1.82) is 0 Å². The van der Waals surface area contributed by atoms with Gasteiger partial charge in [-0.15, -0.1) is 0 Å². The van der Waals surface area contributed by atoms with Crippen molar-refractivity contribution in [3.05, 3.63) is 42.5 Å². The van der Waals surface area contributed by atoms with Gasteiger partial charge in [0.05, 0.1) is 6.20 Å². The number of nitrogens with zero attached hydrogens (tertiary/aromatic N) is 2. The Kier molecular flexibility index (Phi) is 1.86. The van der Waals surface area contributed by atoms with Crippen LogP contribution in [0.5, 0.6) is 0 Å². The summed E-state index contributed by atoms with van der Waals surface area (Å²) in [6.07, 6.45) is 3.19. The van der Waals surface area contributed by atoms with Gasteiger partial charge in [0.2, 0.25) is 0 Å². The number of benzene rings is 1. The third-order valence-corrected chi connectivity index (χ3v) is 3.00. The van der Waals surface area contributed by atoms with E-state index in [9.17, 15) is 0 Å². The van der Waals surface area contributed by atoms with Crippen molar-refractivity contribution in [2.45, 2.75) is 6.92 Å². The van der Waals surface area contributed by atoms with E-state index in [-0.39, 0.29) is 0 Å². The first-order valence-electron chi connectivity index (χ1n) is 5.20. The molecule has 0 atom stereocenters. The van der Waals surface area contributed by atoms with Crippen molar-refractivity contribution in [1.82, 2.24) is 9.55 Å². The van der Waals surface area contributed by atoms with E-state index in [1.54, 1.807) is 6.20 Å². The first-order chi connectivity index (χ1) is 7.75. The Bertz CT molecular complexity index is 635. The predicted octanol–water partition coefficient (Wildman–Crippen LogP) is 3.14. The summed E-state index contributed by atoms with van der Waals surface area (Å²) >= 11 is 0. The van der Waals surface area contributed by atoms with Crippen LogP contribution in [0.15, 0.2) is 41.3 Å². The minimum absolute atomic E-state index is 0.806. The molecule has 3 heteroatoms. The Morgan fingerprint density at radius 1 is 1.25 bits per heavy atom. The molecular formula is C13H12N2O. The van der Waals surface area contributed by atoms with Crippen LogP contribution in [0.25, 0.3) is 22.2 Å². The molecule has 3 aromatic rings. The molecule has 0 aliphatic heterocycles.